The molecule has 180 valence electrons. The largest absolute Gasteiger partial charge is 0.344 e. The first kappa shape index (κ1) is 29.0. The van der Waals surface area contributed by atoms with Crippen LogP contribution in [0, 0.1) is 13.6 Å². The van der Waals surface area contributed by atoms with Crippen molar-refractivity contribution in [2.75, 3.05) is 9.34 Å². The van der Waals surface area contributed by atoms with Crippen molar-refractivity contribution in [3.05, 3.63) is 72.2 Å². The van der Waals surface area contributed by atoms with Crippen LogP contribution in [0.1, 0.15) is 115 Å². The third-order valence-corrected chi connectivity index (χ3v) is 6.58. The number of nitrogens with zero attached hydrogens (tertiary/aromatic N) is 2. The van der Waals surface area contributed by atoms with E-state index < -0.39 is 0 Å². The van der Waals surface area contributed by atoms with E-state index in [0.29, 0.717) is 32.6 Å². The fraction of sp³-hybridized carbons (Fsp3) is 0.500. The molecule has 4 heteroatoms. The van der Waals surface area contributed by atoms with Gasteiger partial charge in [-0.2, -0.15) is 6.42 Å². The van der Waals surface area contributed by atoms with Crippen LogP contribution in [0.25, 0.3) is 0 Å². The topological polar surface area (TPSA) is 6.48 Å². The fourth-order valence-corrected chi connectivity index (χ4v) is 5.01. The summed E-state index contributed by atoms with van der Waals surface area (Å²) in [4.78, 5) is 0. The molecule has 0 amide bonds. The van der Waals surface area contributed by atoms with Crippen molar-refractivity contribution < 1.29 is 16.5 Å². The number of anilines is 2. The summed E-state index contributed by atoms with van der Waals surface area (Å²) in [5.74, 6) is 2.01. The van der Waals surface area contributed by atoms with Gasteiger partial charge in [-0.3, -0.25) is 0 Å². The number of para-hydroxylation sites is 2. The molecule has 1 fully saturated rings. The third-order valence-electron chi connectivity index (χ3n) is 5.53. The monoisotopic (exact) mass is 495 g/mol. The second kappa shape index (κ2) is 13.0. The van der Waals surface area contributed by atoms with E-state index in [1.54, 1.807) is 0 Å². The van der Waals surface area contributed by atoms with Crippen LogP contribution in [0.5, 0.6) is 0 Å². The van der Waals surface area contributed by atoms with E-state index >= 15 is 0 Å². The molecule has 2 aromatic rings. The molecule has 2 aromatic carbocycles. The minimum absolute atomic E-state index is 0. The Bertz CT molecular complexity index is 719. The molecule has 2 nitrogen and oxygen atoms in total. The van der Waals surface area contributed by atoms with Gasteiger partial charge in [0.05, 0.1) is 20.3 Å². The first-order valence-electron chi connectivity index (χ1n) is 11.8. The number of hydrogen-bond donors (Lipinski definition) is 0. The molecule has 0 aromatic heterocycles. The minimum Gasteiger partial charge on any atom is -0.344 e. The molecule has 0 bridgehead atoms. The average molecular weight is 496 g/mol. The van der Waals surface area contributed by atoms with Crippen LogP contribution in [0.4, 0.5) is 11.4 Å². The van der Waals surface area contributed by atoms with E-state index in [-0.39, 0.29) is 16.5 Å². The van der Waals surface area contributed by atoms with Gasteiger partial charge in [0.2, 0.25) is 6.67 Å². The Balaban J connectivity index is 0.00000121. The SMILES string of the molecule is CC(C)c1cccc(C(C)C)c1N1[C]N(c2c(C(C)C)cccc2C(C)C)P1.[CH2-]CC.[Ni]. The molecule has 0 saturated carbocycles. The Morgan fingerprint density at radius 3 is 1.09 bits per heavy atom. The van der Waals surface area contributed by atoms with Crippen molar-refractivity contribution in [3.8, 4) is 0 Å². The molecule has 0 N–H and O–H groups in total. The van der Waals surface area contributed by atoms with Crippen molar-refractivity contribution in [2.45, 2.75) is 92.4 Å². The summed E-state index contributed by atoms with van der Waals surface area (Å²) in [7, 11) is 0.570. The molecule has 1 aliphatic heterocycles. The summed E-state index contributed by atoms with van der Waals surface area (Å²) >= 11 is 0. The molecule has 1 heterocycles. The van der Waals surface area contributed by atoms with Gasteiger partial charge in [0.25, 0.3) is 0 Å². The van der Waals surface area contributed by atoms with Crippen LogP contribution >= 0.6 is 8.88 Å². The summed E-state index contributed by atoms with van der Waals surface area (Å²) in [5.41, 5.74) is 8.43. The van der Waals surface area contributed by atoms with Crippen molar-refractivity contribution in [1.29, 1.82) is 0 Å². The standard InChI is InChI=1S/C25H35N2P.C3H7.Ni/c1-16(2)20-11-9-12-21(17(3)4)24(20)26-15-27(28-26)25-22(18(5)6)13-10-14-23(25)19(7)8;1-3-2;/h9-14,16-19,28H,1-8H3;1,3H2,2H3;/q;-1;. The first-order chi connectivity index (χ1) is 14.6. The average Bonchev–Trinajstić information content (AvgIpc) is 2.67. The Kier molecular flexibility index (Phi) is 11.8. The normalized spacial score (nSPS) is 13.3. The van der Waals surface area contributed by atoms with E-state index in [1.165, 1.54) is 33.6 Å². The molecule has 2 radical (unpaired) electrons. The zero-order valence-corrected chi connectivity index (χ0v) is 23.4. The summed E-state index contributed by atoms with van der Waals surface area (Å²) in [6.45, 7) is 27.5. The number of rotatable bonds is 6. The van der Waals surface area contributed by atoms with Gasteiger partial charge >= 0.3 is 0 Å². The van der Waals surface area contributed by atoms with E-state index in [4.69, 9.17) is 0 Å². The van der Waals surface area contributed by atoms with Gasteiger partial charge in [0.15, 0.2) is 0 Å². The zero-order chi connectivity index (χ0) is 23.3. The van der Waals surface area contributed by atoms with Crippen LogP contribution in [0.3, 0.4) is 0 Å². The maximum absolute atomic E-state index is 3.67. The third kappa shape index (κ3) is 6.51. The van der Waals surface area contributed by atoms with Gasteiger partial charge < -0.3 is 16.3 Å². The van der Waals surface area contributed by atoms with Crippen LogP contribution < -0.4 is 9.34 Å². The van der Waals surface area contributed by atoms with Crippen LogP contribution in [0.15, 0.2) is 36.4 Å². The first-order valence-corrected chi connectivity index (χ1v) is 12.7. The van der Waals surface area contributed by atoms with Crippen molar-refractivity contribution in [1.82, 2.24) is 0 Å². The predicted molar refractivity (Wildman–Crippen MR) is 141 cm³/mol. The summed E-state index contributed by atoms with van der Waals surface area (Å²) in [6, 6.07) is 13.5. The number of benzene rings is 2. The Morgan fingerprint density at radius 1 is 0.688 bits per heavy atom. The minimum atomic E-state index is 0. The molecule has 0 unspecified atom stereocenters. The van der Waals surface area contributed by atoms with E-state index in [9.17, 15) is 0 Å². The van der Waals surface area contributed by atoms with E-state index in [1.807, 2.05) is 6.92 Å². The molecule has 32 heavy (non-hydrogen) atoms. The van der Waals surface area contributed by atoms with Gasteiger partial charge in [0, 0.05) is 16.5 Å². The second-order valence-corrected chi connectivity index (χ2v) is 10.7. The molecular formula is C28H42N2NiP-. The molecule has 1 aliphatic rings. The Morgan fingerprint density at radius 2 is 0.906 bits per heavy atom. The van der Waals surface area contributed by atoms with Crippen molar-refractivity contribution >= 4 is 20.3 Å². The van der Waals surface area contributed by atoms with E-state index in [2.05, 4.69) is 115 Å². The second-order valence-electron chi connectivity index (χ2n) is 9.56. The molecule has 0 aliphatic carbocycles. The van der Waals surface area contributed by atoms with Crippen LogP contribution in [-0.2, 0) is 16.5 Å². The molecule has 0 atom stereocenters. The number of hydrogen-bond acceptors (Lipinski definition) is 2. The van der Waals surface area contributed by atoms with Gasteiger partial charge in [-0.05, 0) is 45.9 Å². The Labute approximate surface area is 210 Å². The predicted octanol–water partition coefficient (Wildman–Crippen LogP) is 9.24. The zero-order valence-electron chi connectivity index (χ0n) is 21.4. The Hall–Kier alpha value is -1.04. The van der Waals surface area contributed by atoms with Crippen molar-refractivity contribution in [3.63, 3.8) is 0 Å². The molecular weight excluding hydrogens is 454 g/mol. The maximum Gasteiger partial charge on any atom is 0.218 e. The van der Waals surface area contributed by atoms with Crippen LogP contribution in [-0.4, -0.2) is 0 Å². The smallest absolute Gasteiger partial charge is 0.218 e. The maximum atomic E-state index is 3.67. The van der Waals surface area contributed by atoms with Gasteiger partial charge in [0.1, 0.15) is 0 Å². The van der Waals surface area contributed by atoms with Crippen molar-refractivity contribution in [2.24, 2.45) is 0 Å². The van der Waals surface area contributed by atoms with Crippen LogP contribution in [0.2, 0.25) is 0 Å². The van der Waals surface area contributed by atoms with Gasteiger partial charge in [-0.15, -0.1) is 0 Å². The summed E-state index contributed by atoms with van der Waals surface area (Å²) in [5, 5.41) is 0. The molecule has 0 spiro atoms. The fourth-order valence-electron chi connectivity index (χ4n) is 3.94. The molecule has 3 rings (SSSR count). The molecule has 1 saturated heterocycles. The quantitative estimate of drug-likeness (QED) is 0.224. The van der Waals surface area contributed by atoms with Gasteiger partial charge in [-0.25, -0.2) is 0 Å². The summed E-state index contributed by atoms with van der Waals surface area (Å²) in [6.07, 6.45) is 1.00. The van der Waals surface area contributed by atoms with Gasteiger partial charge in [-0.1, -0.05) is 98.7 Å². The van der Waals surface area contributed by atoms with E-state index in [0.717, 1.165) is 6.42 Å². The summed E-state index contributed by atoms with van der Waals surface area (Å²) < 4.78 is 4.71.